The van der Waals surface area contributed by atoms with E-state index in [0.29, 0.717) is 12.5 Å². The first-order valence-corrected chi connectivity index (χ1v) is 6.07. The van der Waals surface area contributed by atoms with Crippen LogP contribution >= 0.6 is 11.6 Å². The lowest BCUT2D eigenvalue weighted by atomic mass is 9.96. The number of halogens is 5. The Bertz CT molecular complexity index is 415. The van der Waals surface area contributed by atoms with E-state index in [1.54, 1.807) is 0 Å². The van der Waals surface area contributed by atoms with Crippen molar-refractivity contribution in [2.75, 3.05) is 6.54 Å². The summed E-state index contributed by atoms with van der Waals surface area (Å²) >= 11 is 5.79. The van der Waals surface area contributed by atoms with Crippen LogP contribution in [-0.2, 0) is 6.18 Å². The van der Waals surface area contributed by atoms with Gasteiger partial charge in [-0.2, -0.15) is 13.2 Å². The molecule has 1 unspecified atom stereocenters. The maximum absolute atomic E-state index is 13.8. The fourth-order valence-electron chi connectivity index (χ4n) is 2.18. The van der Waals surface area contributed by atoms with Crippen LogP contribution in [0.15, 0.2) is 12.1 Å². The summed E-state index contributed by atoms with van der Waals surface area (Å²) in [4.78, 5) is 0. The normalized spacial score (nSPS) is 21.1. The van der Waals surface area contributed by atoms with Gasteiger partial charge in [-0.3, -0.25) is 0 Å². The number of nitrogens with one attached hydrogen (secondary N) is 1. The molecule has 1 aliphatic heterocycles. The van der Waals surface area contributed by atoms with Crippen molar-refractivity contribution in [2.45, 2.75) is 31.5 Å². The number of piperidine rings is 1. The lowest BCUT2D eigenvalue weighted by Crippen LogP contribution is -2.28. The van der Waals surface area contributed by atoms with E-state index in [4.69, 9.17) is 11.6 Å². The molecule has 1 fully saturated rings. The molecule has 18 heavy (non-hydrogen) atoms. The standard InChI is InChI=1S/C12H12ClF4N/c13-8-5-7(12(15,16)17)6-9(14)11(8)10-3-1-2-4-18-10/h5-6,10,18H,1-4H2. The molecule has 1 aromatic carbocycles. The molecule has 1 aliphatic rings. The highest BCUT2D eigenvalue weighted by atomic mass is 35.5. The molecule has 1 heterocycles. The molecule has 2 rings (SSSR count). The molecule has 1 atom stereocenters. The minimum Gasteiger partial charge on any atom is -0.310 e. The number of hydrogen-bond acceptors (Lipinski definition) is 1. The molecular formula is C12H12ClF4N. The van der Waals surface area contributed by atoms with Gasteiger partial charge < -0.3 is 5.32 Å². The largest absolute Gasteiger partial charge is 0.416 e. The summed E-state index contributed by atoms with van der Waals surface area (Å²) in [6.07, 6.45) is -2.00. The number of rotatable bonds is 1. The molecule has 0 aliphatic carbocycles. The molecule has 0 amide bonds. The maximum Gasteiger partial charge on any atom is 0.416 e. The summed E-state index contributed by atoms with van der Waals surface area (Å²) < 4.78 is 51.2. The van der Waals surface area contributed by atoms with Gasteiger partial charge in [0.1, 0.15) is 5.82 Å². The summed E-state index contributed by atoms with van der Waals surface area (Å²) in [5, 5.41) is 2.90. The molecule has 0 aromatic heterocycles. The first-order chi connectivity index (χ1) is 8.39. The van der Waals surface area contributed by atoms with Crippen LogP contribution in [0.5, 0.6) is 0 Å². The van der Waals surface area contributed by atoms with Gasteiger partial charge in [-0.15, -0.1) is 0 Å². The van der Waals surface area contributed by atoms with Gasteiger partial charge >= 0.3 is 6.18 Å². The van der Waals surface area contributed by atoms with Gasteiger partial charge in [-0.25, -0.2) is 4.39 Å². The molecule has 0 spiro atoms. The first-order valence-electron chi connectivity index (χ1n) is 5.69. The van der Waals surface area contributed by atoms with Gasteiger partial charge in [-0.1, -0.05) is 18.0 Å². The molecule has 0 bridgehead atoms. The molecular weight excluding hydrogens is 270 g/mol. The van der Waals surface area contributed by atoms with Crippen molar-refractivity contribution in [2.24, 2.45) is 0 Å². The van der Waals surface area contributed by atoms with Crippen molar-refractivity contribution in [3.05, 3.63) is 34.1 Å². The Morgan fingerprint density at radius 1 is 1.22 bits per heavy atom. The first kappa shape index (κ1) is 13.6. The lowest BCUT2D eigenvalue weighted by molar-refractivity contribution is -0.137. The Balaban J connectivity index is 2.37. The number of hydrogen-bond donors (Lipinski definition) is 1. The van der Waals surface area contributed by atoms with Crippen LogP contribution in [0.25, 0.3) is 0 Å². The molecule has 1 aromatic rings. The minimum absolute atomic E-state index is 0.143. The fraction of sp³-hybridized carbons (Fsp3) is 0.500. The fourth-order valence-corrected chi connectivity index (χ4v) is 2.52. The smallest absolute Gasteiger partial charge is 0.310 e. The van der Waals surface area contributed by atoms with E-state index >= 15 is 0 Å². The van der Waals surface area contributed by atoms with E-state index in [1.165, 1.54) is 0 Å². The van der Waals surface area contributed by atoms with Crippen molar-refractivity contribution >= 4 is 11.6 Å². The summed E-state index contributed by atoms with van der Waals surface area (Å²) in [5.74, 6) is -0.894. The van der Waals surface area contributed by atoms with E-state index in [2.05, 4.69) is 5.32 Å². The number of alkyl halides is 3. The van der Waals surface area contributed by atoms with Crippen LogP contribution < -0.4 is 5.32 Å². The van der Waals surface area contributed by atoms with Gasteiger partial charge in [0.15, 0.2) is 0 Å². The molecule has 0 saturated carbocycles. The summed E-state index contributed by atoms with van der Waals surface area (Å²) in [5.41, 5.74) is -0.908. The second-order valence-electron chi connectivity index (χ2n) is 4.35. The minimum atomic E-state index is -4.58. The van der Waals surface area contributed by atoms with Crippen molar-refractivity contribution in [1.82, 2.24) is 5.32 Å². The van der Waals surface area contributed by atoms with Gasteiger partial charge in [0.05, 0.1) is 5.56 Å². The van der Waals surface area contributed by atoms with E-state index in [1.807, 2.05) is 0 Å². The van der Waals surface area contributed by atoms with Gasteiger partial charge in [0.25, 0.3) is 0 Å². The second-order valence-corrected chi connectivity index (χ2v) is 4.76. The monoisotopic (exact) mass is 281 g/mol. The van der Waals surface area contributed by atoms with E-state index in [0.717, 1.165) is 25.5 Å². The lowest BCUT2D eigenvalue weighted by Gasteiger charge is -2.25. The molecule has 100 valence electrons. The van der Waals surface area contributed by atoms with Crippen molar-refractivity contribution in [1.29, 1.82) is 0 Å². The zero-order valence-corrected chi connectivity index (χ0v) is 10.2. The van der Waals surface area contributed by atoms with Crippen LogP contribution in [0, 0.1) is 5.82 Å². The highest BCUT2D eigenvalue weighted by Crippen LogP contribution is 2.37. The van der Waals surface area contributed by atoms with Crippen LogP contribution in [0.4, 0.5) is 17.6 Å². The third kappa shape index (κ3) is 2.78. The SMILES string of the molecule is Fc1cc(C(F)(F)F)cc(Cl)c1C1CCCCN1. The van der Waals surface area contributed by atoms with Crippen molar-refractivity contribution < 1.29 is 17.6 Å². The summed E-state index contributed by atoms with van der Waals surface area (Å²) in [6, 6.07) is 1.00. The van der Waals surface area contributed by atoms with Crippen LogP contribution in [0.1, 0.15) is 36.4 Å². The Hall–Kier alpha value is -0.810. The molecule has 1 saturated heterocycles. The predicted octanol–water partition coefficient (Wildman–Crippen LogP) is 4.31. The zero-order valence-electron chi connectivity index (χ0n) is 9.45. The third-order valence-corrected chi connectivity index (χ3v) is 3.38. The maximum atomic E-state index is 13.8. The quantitative estimate of drug-likeness (QED) is 0.756. The van der Waals surface area contributed by atoms with Gasteiger partial charge in [-0.05, 0) is 31.5 Å². The van der Waals surface area contributed by atoms with Gasteiger partial charge in [0.2, 0.25) is 0 Å². The van der Waals surface area contributed by atoms with Crippen molar-refractivity contribution in [3.8, 4) is 0 Å². The van der Waals surface area contributed by atoms with Crippen molar-refractivity contribution in [3.63, 3.8) is 0 Å². The number of benzene rings is 1. The average molecular weight is 282 g/mol. The Morgan fingerprint density at radius 3 is 2.44 bits per heavy atom. The van der Waals surface area contributed by atoms with E-state index in [-0.39, 0.29) is 16.6 Å². The van der Waals surface area contributed by atoms with Crippen LogP contribution in [-0.4, -0.2) is 6.54 Å². The molecule has 6 heteroatoms. The third-order valence-electron chi connectivity index (χ3n) is 3.07. The molecule has 0 radical (unpaired) electrons. The Kier molecular flexibility index (Phi) is 3.82. The van der Waals surface area contributed by atoms with E-state index < -0.39 is 17.6 Å². The average Bonchev–Trinajstić information content (AvgIpc) is 2.28. The summed E-state index contributed by atoms with van der Waals surface area (Å²) in [7, 11) is 0. The zero-order chi connectivity index (χ0) is 13.3. The highest BCUT2D eigenvalue weighted by molar-refractivity contribution is 6.31. The van der Waals surface area contributed by atoms with Crippen LogP contribution in [0.2, 0.25) is 5.02 Å². The van der Waals surface area contributed by atoms with Gasteiger partial charge in [0, 0.05) is 16.6 Å². The molecule has 1 N–H and O–H groups in total. The molecule has 1 nitrogen and oxygen atoms in total. The summed E-state index contributed by atoms with van der Waals surface area (Å²) in [6.45, 7) is 0.724. The second kappa shape index (κ2) is 5.05. The predicted molar refractivity (Wildman–Crippen MR) is 61.0 cm³/mol. The highest BCUT2D eigenvalue weighted by Gasteiger charge is 2.33. The van der Waals surface area contributed by atoms with Crippen LogP contribution in [0.3, 0.4) is 0 Å². The Morgan fingerprint density at radius 2 is 1.94 bits per heavy atom. The topological polar surface area (TPSA) is 12.0 Å². The Labute approximate surface area is 107 Å². The van der Waals surface area contributed by atoms with E-state index in [9.17, 15) is 17.6 Å².